The van der Waals surface area contributed by atoms with Crippen molar-refractivity contribution in [2.75, 3.05) is 24.6 Å². The predicted molar refractivity (Wildman–Crippen MR) is 73.5 cm³/mol. The third-order valence-corrected chi connectivity index (χ3v) is 3.44. The molecule has 0 aliphatic carbocycles. The second-order valence-corrected chi connectivity index (χ2v) is 4.86. The van der Waals surface area contributed by atoms with Crippen LogP contribution in [0.4, 0.5) is 11.5 Å². The first-order valence-corrected chi connectivity index (χ1v) is 6.45. The molecule has 1 saturated heterocycles. The molecule has 2 atom stereocenters. The Balaban J connectivity index is 2.16. The number of anilines is 2. The number of aromatic nitrogens is 1. The fourth-order valence-electron chi connectivity index (χ4n) is 2.31. The van der Waals surface area contributed by atoms with Crippen molar-refractivity contribution >= 4 is 11.5 Å². The summed E-state index contributed by atoms with van der Waals surface area (Å²) in [6, 6.07) is 3.49. The lowest BCUT2D eigenvalue weighted by molar-refractivity contribution is 0.126. The molecule has 6 nitrogen and oxygen atoms in total. The van der Waals surface area contributed by atoms with Gasteiger partial charge in [-0.15, -0.1) is 0 Å². The fraction of sp³-hybridized carbons (Fsp3) is 0.538. The third kappa shape index (κ3) is 3.06. The number of pyridine rings is 1. The standard InChI is InChI=1S/C13H19N5O/c1-8(9-3-2-4-17-7-9)19-13-10(6-14)11(15)5-12(16)18-13/h5,8-9,17H,2-4,7H2,1H3,(H4,15,16,18). The minimum absolute atomic E-state index is 0.0337. The van der Waals surface area contributed by atoms with Crippen molar-refractivity contribution in [3.8, 4) is 11.9 Å². The van der Waals surface area contributed by atoms with Crippen LogP contribution in [0.15, 0.2) is 6.07 Å². The van der Waals surface area contributed by atoms with Gasteiger partial charge in [0, 0.05) is 18.5 Å². The van der Waals surface area contributed by atoms with E-state index in [4.69, 9.17) is 21.5 Å². The second kappa shape index (κ2) is 5.76. The third-order valence-electron chi connectivity index (χ3n) is 3.44. The molecule has 102 valence electrons. The van der Waals surface area contributed by atoms with Gasteiger partial charge in [-0.2, -0.15) is 10.2 Å². The summed E-state index contributed by atoms with van der Waals surface area (Å²) in [5.74, 6) is 0.906. The van der Waals surface area contributed by atoms with Gasteiger partial charge in [0.05, 0.1) is 5.69 Å². The van der Waals surface area contributed by atoms with Gasteiger partial charge < -0.3 is 21.5 Å². The van der Waals surface area contributed by atoms with Crippen LogP contribution >= 0.6 is 0 Å². The lowest BCUT2D eigenvalue weighted by Gasteiger charge is -2.28. The van der Waals surface area contributed by atoms with Gasteiger partial charge >= 0.3 is 0 Å². The van der Waals surface area contributed by atoms with Gasteiger partial charge in [0.2, 0.25) is 5.88 Å². The molecule has 2 unspecified atom stereocenters. The zero-order valence-corrected chi connectivity index (χ0v) is 11.0. The number of nitrogens with zero attached hydrogens (tertiary/aromatic N) is 2. The van der Waals surface area contributed by atoms with E-state index in [-0.39, 0.29) is 23.4 Å². The number of nitrogens with two attached hydrogens (primary N) is 2. The van der Waals surface area contributed by atoms with Crippen molar-refractivity contribution in [1.29, 1.82) is 5.26 Å². The number of rotatable bonds is 3. The maximum absolute atomic E-state index is 9.11. The summed E-state index contributed by atoms with van der Waals surface area (Å²) in [5, 5.41) is 12.4. The highest BCUT2D eigenvalue weighted by atomic mass is 16.5. The molecule has 0 amide bonds. The van der Waals surface area contributed by atoms with Crippen LogP contribution in [0, 0.1) is 17.2 Å². The van der Waals surface area contributed by atoms with Gasteiger partial charge in [-0.1, -0.05) is 0 Å². The Bertz CT molecular complexity index is 491. The molecule has 2 rings (SSSR count). The van der Waals surface area contributed by atoms with Crippen LogP contribution in [-0.2, 0) is 0 Å². The number of nitriles is 1. The summed E-state index contributed by atoms with van der Waals surface area (Å²) in [5.41, 5.74) is 12.0. The van der Waals surface area contributed by atoms with Crippen molar-refractivity contribution in [2.24, 2.45) is 5.92 Å². The molecule has 0 radical (unpaired) electrons. The van der Waals surface area contributed by atoms with Crippen LogP contribution in [0.5, 0.6) is 5.88 Å². The lowest BCUT2D eigenvalue weighted by atomic mass is 9.95. The molecule has 19 heavy (non-hydrogen) atoms. The van der Waals surface area contributed by atoms with Crippen molar-refractivity contribution < 1.29 is 4.74 Å². The molecule has 2 heterocycles. The van der Waals surface area contributed by atoms with Crippen LogP contribution < -0.4 is 21.5 Å². The molecule has 0 spiro atoms. The van der Waals surface area contributed by atoms with E-state index < -0.39 is 0 Å². The minimum Gasteiger partial charge on any atom is -0.473 e. The van der Waals surface area contributed by atoms with Crippen LogP contribution in [0.25, 0.3) is 0 Å². The van der Waals surface area contributed by atoms with E-state index >= 15 is 0 Å². The molecule has 1 aliphatic heterocycles. The SMILES string of the molecule is CC(Oc1nc(N)cc(N)c1C#N)C1CCCNC1. The lowest BCUT2D eigenvalue weighted by Crippen LogP contribution is -2.38. The Kier molecular flexibility index (Phi) is 4.07. The van der Waals surface area contributed by atoms with Crippen LogP contribution in [0.1, 0.15) is 25.3 Å². The number of piperidine rings is 1. The average Bonchev–Trinajstić information content (AvgIpc) is 2.39. The van der Waals surface area contributed by atoms with Gasteiger partial charge in [-0.3, -0.25) is 0 Å². The van der Waals surface area contributed by atoms with Gasteiger partial charge in [0.15, 0.2) is 0 Å². The quantitative estimate of drug-likeness (QED) is 0.745. The number of nitrogen functional groups attached to an aromatic ring is 2. The molecule has 0 aromatic carbocycles. The highest BCUT2D eigenvalue weighted by molar-refractivity contribution is 5.63. The van der Waals surface area contributed by atoms with E-state index in [0.717, 1.165) is 25.9 Å². The van der Waals surface area contributed by atoms with Crippen LogP contribution in [0.2, 0.25) is 0 Å². The van der Waals surface area contributed by atoms with Crippen molar-refractivity contribution in [3.05, 3.63) is 11.6 Å². The predicted octanol–water partition coefficient (Wildman–Crippen LogP) is 0.885. The Labute approximate surface area is 112 Å². The molecule has 1 aromatic rings. The van der Waals surface area contributed by atoms with Crippen molar-refractivity contribution in [2.45, 2.75) is 25.9 Å². The Hall–Kier alpha value is -2.00. The summed E-state index contributed by atoms with van der Waals surface area (Å²) in [7, 11) is 0. The van der Waals surface area contributed by atoms with Crippen molar-refractivity contribution in [3.63, 3.8) is 0 Å². The number of hydrogen-bond acceptors (Lipinski definition) is 6. The molecule has 1 aromatic heterocycles. The van der Waals surface area contributed by atoms with Gasteiger partial charge in [-0.05, 0) is 26.3 Å². The largest absolute Gasteiger partial charge is 0.473 e. The van der Waals surface area contributed by atoms with Crippen molar-refractivity contribution in [1.82, 2.24) is 10.3 Å². The minimum atomic E-state index is -0.0337. The van der Waals surface area contributed by atoms with E-state index in [1.807, 2.05) is 13.0 Å². The monoisotopic (exact) mass is 261 g/mol. The molecule has 6 heteroatoms. The number of hydrogen-bond donors (Lipinski definition) is 3. The zero-order chi connectivity index (χ0) is 13.8. The van der Waals surface area contributed by atoms with Gasteiger partial charge in [0.1, 0.15) is 23.6 Å². The normalized spacial score (nSPS) is 20.5. The first-order valence-electron chi connectivity index (χ1n) is 6.45. The highest BCUT2D eigenvalue weighted by Gasteiger charge is 2.23. The maximum atomic E-state index is 9.11. The van der Waals surface area contributed by atoms with Crippen LogP contribution in [0.3, 0.4) is 0 Å². The summed E-state index contributed by atoms with van der Waals surface area (Å²) in [4.78, 5) is 4.07. The highest BCUT2D eigenvalue weighted by Crippen LogP contribution is 2.26. The Morgan fingerprint density at radius 1 is 1.58 bits per heavy atom. The van der Waals surface area contributed by atoms with E-state index in [0.29, 0.717) is 11.6 Å². The molecule has 0 saturated carbocycles. The Morgan fingerprint density at radius 3 is 3.00 bits per heavy atom. The number of nitrogens with one attached hydrogen (secondary N) is 1. The van der Waals surface area contributed by atoms with Gasteiger partial charge in [0.25, 0.3) is 0 Å². The Morgan fingerprint density at radius 2 is 2.37 bits per heavy atom. The summed E-state index contributed by atoms with van der Waals surface area (Å²) in [6.45, 7) is 3.96. The average molecular weight is 261 g/mol. The molecule has 0 bridgehead atoms. The fourth-order valence-corrected chi connectivity index (χ4v) is 2.31. The molecule has 1 fully saturated rings. The molecule has 1 aliphatic rings. The first kappa shape index (κ1) is 13.4. The summed E-state index contributed by atoms with van der Waals surface area (Å²) < 4.78 is 5.80. The van der Waals surface area contributed by atoms with E-state index in [1.54, 1.807) is 0 Å². The van der Waals surface area contributed by atoms with E-state index in [2.05, 4.69) is 10.3 Å². The molecular formula is C13H19N5O. The molecular weight excluding hydrogens is 242 g/mol. The first-order chi connectivity index (χ1) is 9.11. The summed E-state index contributed by atoms with van der Waals surface area (Å²) in [6.07, 6.45) is 2.21. The molecule has 5 N–H and O–H groups in total. The van der Waals surface area contributed by atoms with E-state index in [9.17, 15) is 0 Å². The van der Waals surface area contributed by atoms with E-state index in [1.165, 1.54) is 6.07 Å². The number of ether oxygens (including phenoxy) is 1. The van der Waals surface area contributed by atoms with Gasteiger partial charge in [-0.25, -0.2) is 0 Å². The second-order valence-electron chi connectivity index (χ2n) is 4.86. The smallest absolute Gasteiger partial charge is 0.236 e. The van der Waals surface area contributed by atoms with Crippen LogP contribution in [-0.4, -0.2) is 24.2 Å². The zero-order valence-electron chi connectivity index (χ0n) is 11.0. The maximum Gasteiger partial charge on any atom is 0.236 e. The summed E-state index contributed by atoms with van der Waals surface area (Å²) >= 11 is 0. The topological polar surface area (TPSA) is 110 Å².